The lowest BCUT2D eigenvalue weighted by Gasteiger charge is -2.41. The Hall–Kier alpha value is -3.02. The molecule has 0 unspecified atom stereocenters. The molecule has 1 aliphatic rings. The molecule has 0 saturated carbocycles. The molecule has 226 valence electrons. The van der Waals surface area contributed by atoms with Crippen LogP contribution in [0.2, 0.25) is 0 Å². The van der Waals surface area contributed by atoms with Gasteiger partial charge in [0, 0.05) is 13.0 Å². The summed E-state index contributed by atoms with van der Waals surface area (Å²) in [5.41, 5.74) is 1.53. The number of hydrogen-bond acceptors (Lipinski definition) is 9. The van der Waals surface area contributed by atoms with Crippen molar-refractivity contribution < 1.29 is 43.9 Å². The Bertz CT molecular complexity index is 1020. The Balaban J connectivity index is 1.59. The van der Waals surface area contributed by atoms with Crippen LogP contribution in [0.3, 0.4) is 0 Å². The van der Waals surface area contributed by atoms with Gasteiger partial charge in [0.2, 0.25) is 0 Å². The Morgan fingerprint density at radius 3 is 2.20 bits per heavy atom. The molecule has 4 N–H and O–H groups in total. The van der Waals surface area contributed by atoms with Gasteiger partial charge >= 0.3 is 12.1 Å². The first-order valence-electron chi connectivity index (χ1n) is 14.4. The van der Waals surface area contributed by atoms with Gasteiger partial charge in [-0.2, -0.15) is 0 Å². The van der Waals surface area contributed by atoms with Crippen molar-refractivity contribution in [3.8, 4) is 0 Å². The van der Waals surface area contributed by atoms with Crippen LogP contribution in [-0.4, -0.2) is 77.3 Å². The number of ether oxygens (including phenoxy) is 4. The van der Waals surface area contributed by atoms with E-state index in [0.717, 1.165) is 43.2 Å². The molecule has 0 bridgehead atoms. The topological polar surface area (TPSA) is 144 Å². The van der Waals surface area contributed by atoms with Crippen LogP contribution in [0.4, 0.5) is 4.79 Å². The summed E-state index contributed by atoms with van der Waals surface area (Å²) < 4.78 is 22.1. The maximum absolute atomic E-state index is 13.3. The molecule has 10 heteroatoms. The van der Waals surface area contributed by atoms with Crippen molar-refractivity contribution in [2.45, 2.75) is 95.2 Å². The second kappa shape index (κ2) is 17.7. The molecule has 0 spiro atoms. The highest BCUT2D eigenvalue weighted by Crippen LogP contribution is 2.25. The van der Waals surface area contributed by atoms with Crippen molar-refractivity contribution in [2.75, 3.05) is 13.2 Å². The van der Waals surface area contributed by atoms with E-state index in [-0.39, 0.29) is 13.0 Å². The lowest BCUT2D eigenvalue weighted by atomic mass is 9.98. The smallest absolute Gasteiger partial charge is 0.408 e. The first-order valence-corrected chi connectivity index (χ1v) is 14.4. The molecule has 2 aromatic carbocycles. The zero-order valence-electron chi connectivity index (χ0n) is 23.6. The molecule has 41 heavy (non-hydrogen) atoms. The fourth-order valence-corrected chi connectivity index (χ4v) is 4.58. The van der Waals surface area contributed by atoms with Crippen molar-refractivity contribution in [3.05, 3.63) is 71.8 Å². The standard InChI is InChI=1S/C31H43NO9/c1-2-3-4-5-6-13-18-38-30-27(35)26(34)28(25(20-33)40-30)41-29(36)24(19-22-14-9-7-10-15-22)32-31(37)39-21-23-16-11-8-12-17-23/h7-12,14-17,24-28,30,33-35H,2-6,13,18-21H2,1H3,(H,32,37)/t24-,25+,26+,27+,28+,30+/m0/s1. The largest absolute Gasteiger partial charge is 0.455 e. The van der Waals surface area contributed by atoms with E-state index in [1.54, 1.807) is 36.4 Å². The SMILES string of the molecule is CCCCCCCCO[C@@H]1O[C@H](CO)[C@@H](OC(=O)[C@H](Cc2ccccc2)NC(=O)OCc2ccccc2)[C@H](O)[C@H]1O. The third kappa shape index (κ3) is 10.7. The number of nitrogens with one attached hydrogen (secondary N) is 1. The van der Waals surface area contributed by atoms with Gasteiger partial charge in [-0.1, -0.05) is 99.7 Å². The number of unbranched alkanes of at least 4 members (excludes halogenated alkanes) is 5. The van der Waals surface area contributed by atoms with Crippen molar-refractivity contribution in [2.24, 2.45) is 0 Å². The molecule has 2 aromatic rings. The van der Waals surface area contributed by atoms with E-state index in [1.165, 1.54) is 6.42 Å². The number of carbonyl (C=O) groups is 2. The summed E-state index contributed by atoms with van der Waals surface area (Å²) in [5.74, 6) is -0.879. The van der Waals surface area contributed by atoms with Gasteiger partial charge < -0.3 is 39.6 Å². The summed E-state index contributed by atoms with van der Waals surface area (Å²) in [5, 5.41) is 33.9. The average molecular weight is 574 g/mol. The predicted molar refractivity (Wildman–Crippen MR) is 151 cm³/mol. The first-order chi connectivity index (χ1) is 19.9. The number of hydrogen-bond donors (Lipinski definition) is 4. The minimum Gasteiger partial charge on any atom is -0.455 e. The predicted octanol–water partition coefficient (Wildman–Crippen LogP) is 3.25. The van der Waals surface area contributed by atoms with Crippen molar-refractivity contribution in [1.29, 1.82) is 0 Å². The molecule has 1 heterocycles. The maximum Gasteiger partial charge on any atom is 0.408 e. The third-order valence-electron chi connectivity index (χ3n) is 6.92. The van der Waals surface area contributed by atoms with E-state index in [1.807, 2.05) is 24.3 Å². The zero-order valence-corrected chi connectivity index (χ0v) is 23.6. The van der Waals surface area contributed by atoms with Gasteiger partial charge in [-0.15, -0.1) is 0 Å². The highest BCUT2D eigenvalue weighted by molar-refractivity contribution is 5.82. The van der Waals surface area contributed by atoms with E-state index in [2.05, 4.69) is 12.2 Å². The van der Waals surface area contributed by atoms with E-state index in [9.17, 15) is 24.9 Å². The van der Waals surface area contributed by atoms with Gasteiger partial charge in [-0.3, -0.25) is 0 Å². The molecule has 0 radical (unpaired) electrons. The Labute approximate surface area is 241 Å². The number of aliphatic hydroxyl groups is 3. The monoisotopic (exact) mass is 573 g/mol. The fourth-order valence-electron chi connectivity index (χ4n) is 4.58. The summed E-state index contributed by atoms with van der Waals surface area (Å²) in [6, 6.07) is 16.9. The van der Waals surface area contributed by atoms with Crippen LogP contribution in [0.5, 0.6) is 0 Å². The minimum atomic E-state index is -1.58. The number of alkyl carbamates (subject to hydrolysis) is 1. The van der Waals surface area contributed by atoms with Crippen LogP contribution in [0.1, 0.15) is 56.6 Å². The molecular weight excluding hydrogens is 530 g/mol. The Morgan fingerprint density at radius 2 is 1.54 bits per heavy atom. The number of aliphatic hydroxyl groups excluding tert-OH is 3. The quantitative estimate of drug-likeness (QED) is 0.176. The molecule has 0 aromatic heterocycles. The second-order valence-corrected chi connectivity index (χ2v) is 10.2. The summed E-state index contributed by atoms with van der Waals surface area (Å²) in [6.07, 6.45) is -1.22. The van der Waals surface area contributed by atoms with Crippen molar-refractivity contribution in [3.63, 3.8) is 0 Å². The number of amides is 1. The molecule has 1 saturated heterocycles. The van der Waals surface area contributed by atoms with Gasteiger partial charge in [-0.25, -0.2) is 9.59 Å². The molecule has 1 aliphatic heterocycles. The molecule has 3 rings (SSSR count). The zero-order chi connectivity index (χ0) is 29.5. The van der Waals surface area contributed by atoms with Gasteiger partial charge in [0.25, 0.3) is 0 Å². The van der Waals surface area contributed by atoms with Crippen molar-refractivity contribution >= 4 is 12.1 Å². The lowest BCUT2D eigenvalue weighted by Crippen LogP contribution is -2.61. The van der Waals surface area contributed by atoms with Gasteiger partial charge in [0.15, 0.2) is 12.4 Å². The summed E-state index contributed by atoms with van der Waals surface area (Å²) >= 11 is 0. The number of carbonyl (C=O) groups excluding carboxylic acids is 2. The molecule has 0 aliphatic carbocycles. The molecular formula is C31H43NO9. The van der Waals surface area contributed by atoms with Crippen LogP contribution in [-0.2, 0) is 36.8 Å². The maximum atomic E-state index is 13.3. The van der Waals surface area contributed by atoms with Gasteiger partial charge in [0.1, 0.15) is 31.0 Å². The highest BCUT2D eigenvalue weighted by Gasteiger charge is 2.47. The lowest BCUT2D eigenvalue weighted by molar-refractivity contribution is -0.303. The van der Waals surface area contributed by atoms with Crippen molar-refractivity contribution in [1.82, 2.24) is 5.32 Å². The van der Waals surface area contributed by atoms with Crippen LogP contribution in [0, 0.1) is 0 Å². The normalized spacial score (nSPS) is 23.0. The molecule has 1 fully saturated rings. The first kappa shape index (κ1) is 32.5. The summed E-state index contributed by atoms with van der Waals surface area (Å²) in [6.45, 7) is 1.89. The van der Waals surface area contributed by atoms with Gasteiger partial charge in [0.05, 0.1) is 6.61 Å². The molecule has 1 amide bonds. The van der Waals surface area contributed by atoms with Gasteiger partial charge in [-0.05, 0) is 17.5 Å². The molecule has 10 nitrogen and oxygen atoms in total. The Kier molecular flexibility index (Phi) is 14.0. The van der Waals surface area contributed by atoms with Crippen LogP contribution >= 0.6 is 0 Å². The van der Waals surface area contributed by atoms with E-state index >= 15 is 0 Å². The van der Waals surface area contributed by atoms with Crippen LogP contribution in [0.25, 0.3) is 0 Å². The third-order valence-corrected chi connectivity index (χ3v) is 6.92. The van der Waals surface area contributed by atoms with E-state index in [0.29, 0.717) is 6.61 Å². The molecule has 6 atom stereocenters. The Morgan fingerprint density at radius 1 is 0.902 bits per heavy atom. The summed E-state index contributed by atoms with van der Waals surface area (Å²) in [7, 11) is 0. The van der Waals surface area contributed by atoms with Crippen LogP contribution in [0.15, 0.2) is 60.7 Å². The number of benzene rings is 2. The summed E-state index contributed by atoms with van der Waals surface area (Å²) in [4.78, 5) is 25.9. The highest BCUT2D eigenvalue weighted by atomic mass is 16.7. The van der Waals surface area contributed by atoms with E-state index < -0.39 is 55.4 Å². The minimum absolute atomic E-state index is 0.00780. The average Bonchev–Trinajstić information content (AvgIpc) is 2.99. The number of rotatable bonds is 16. The fraction of sp³-hybridized carbons (Fsp3) is 0.548. The number of esters is 1. The van der Waals surface area contributed by atoms with E-state index in [4.69, 9.17) is 18.9 Å². The second-order valence-electron chi connectivity index (χ2n) is 10.2. The van der Waals surface area contributed by atoms with Crippen LogP contribution < -0.4 is 5.32 Å².